The maximum absolute atomic E-state index is 6.62. The molecule has 0 saturated carbocycles. The van der Waals surface area contributed by atoms with Crippen molar-refractivity contribution >= 4 is 34.8 Å². The minimum absolute atomic E-state index is 0.213. The smallest absolute Gasteiger partial charge is 0.0841 e. The lowest BCUT2D eigenvalue weighted by atomic mass is 9.94. The van der Waals surface area contributed by atoms with Crippen molar-refractivity contribution in [1.29, 1.82) is 0 Å². The van der Waals surface area contributed by atoms with E-state index in [4.69, 9.17) is 34.8 Å². The predicted octanol–water partition coefficient (Wildman–Crippen LogP) is 6.25. The lowest BCUT2D eigenvalue weighted by molar-refractivity contribution is 1.07. The molecule has 0 radical (unpaired) electrons. The molecule has 0 aromatic heterocycles. The first-order valence-electron chi connectivity index (χ1n) is 6.07. The maximum Gasteiger partial charge on any atom is 0.0841 e. The second-order valence-electron chi connectivity index (χ2n) is 4.85. The van der Waals surface area contributed by atoms with Crippen molar-refractivity contribution in [2.45, 2.75) is 26.1 Å². The van der Waals surface area contributed by atoms with Gasteiger partial charge in [-0.25, -0.2) is 0 Å². The summed E-state index contributed by atoms with van der Waals surface area (Å²) in [5.74, 6) is 0. The van der Waals surface area contributed by atoms with Crippen LogP contribution in [0.1, 0.15) is 33.2 Å². The van der Waals surface area contributed by atoms with E-state index in [-0.39, 0.29) is 5.38 Å². The van der Waals surface area contributed by atoms with Crippen molar-refractivity contribution in [2.24, 2.45) is 0 Å². The van der Waals surface area contributed by atoms with Crippen LogP contribution >= 0.6 is 34.8 Å². The van der Waals surface area contributed by atoms with Gasteiger partial charge >= 0.3 is 0 Å². The molecular formula is C16H15Cl3. The Morgan fingerprint density at radius 3 is 1.95 bits per heavy atom. The Morgan fingerprint density at radius 2 is 1.42 bits per heavy atom. The van der Waals surface area contributed by atoms with E-state index in [0.29, 0.717) is 10.0 Å². The average Bonchev–Trinajstić information content (AvgIpc) is 2.31. The molecule has 1 atom stereocenters. The van der Waals surface area contributed by atoms with Crippen LogP contribution in [-0.2, 0) is 0 Å². The van der Waals surface area contributed by atoms with E-state index in [1.54, 1.807) is 6.07 Å². The summed E-state index contributed by atoms with van der Waals surface area (Å²) >= 11 is 18.6. The van der Waals surface area contributed by atoms with E-state index in [0.717, 1.165) is 11.1 Å². The van der Waals surface area contributed by atoms with E-state index in [1.165, 1.54) is 16.7 Å². The highest BCUT2D eigenvalue weighted by Crippen LogP contribution is 2.36. The standard InChI is InChI=1S/C16H15Cl3/c1-9-6-10(2)15(11(3)7-9)16(19)12-4-5-13(17)14(18)8-12/h4-8,16H,1-3H3. The normalized spacial score (nSPS) is 12.5. The second-order valence-corrected chi connectivity index (χ2v) is 6.10. The molecule has 19 heavy (non-hydrogen) atoms. The quantitative estimate of drug-likeness (QED) is 0.575. The second kappa shape index (κ2) is 5.75. The number of alkyl halides is 1. The third-order valence-corrected chi connectivity index (χ3v) is 4.44. The molecule has 1 unspecified atom stereocenters. The summed E-state index contributed by atoms with van der Waals surface area (Å²) < 4.78 is 0. The van der Waals surface area contributed by atoms with Crippen molar-refractivity contribution in [3.8, 4) is 0 Å². The summed E-state index contributed by atoms with van der Waals surface area (Å²) in [5.41, 5.74) is 5.75. The van der Waals surface area contributed by atoms with E-state index in [1.807, 2.05) is 12.1 Å². The number of hydrogen-bond acceptors (Lipinski definition) is 0. The largest absolute Gasteiger partial charge is 0.113 e. The van der Waals surface area contributed by atoms with Gasteiger partial charge in [0, 0.05) is 0 Å². The molecular weight excluding hydrogens is 299 g/mol. The molecule has 0 nitrogen and oxygen atoms in total. The molecule has 2 aromatic rings. The molecule has 0 aliphatic heterocycles. The molecule has 0 saturated heterocycles. The van der Waals surface area contributed by atoms with Crippen molar-refractivity contribution in [1.82, 2.24) is 0 Å². The van der Waals surface area contributed by atoms with Gasteiger partial charge < -0.3 is 0 Å². The summed E-state index contributed by atoms with van der Waals surface area (Å²) in [7, 11) is 0. The first kappa shape index (κ1) is 14.7. The van der Waals surface area contributed by atoms with Crippen LogP contribution in [0.3, 0.4) is 0 Å². The molecule has 0 amide bonds. The van der Waals surface area contributed by atoms with Crippen LogP contribution in [0.15, 0.2) is 30.3 Å². The lowest BCUT2D eigenvalue weighted by Gasteiger charge is -2.17. The highest BCUT2D eigenvalue weighted by atomic mass is 35.5. The van der Waals surface area contributed by atoms with E-state index in [9.17, 15) is 0 Å². The Morgan fingerprint density at radius 1 is 0.842 bits per heavy atom. The molecule has 0 fully saturated rings. The third kappa shape index (κ3) is 3.08. The highest BCUT2D eigenvalue weighted by Gasteiger charge is 2.17. The summed E-state index contributed by atoms with van der Waals surface area (Å²) in [5, 5.41) is 0.870. The van der Waals surface area contributed by atoms with E-state index < -0.39 is 0 Å². The molecule has 2 rings (SSSR count). The van der Waals surface area contributed by atoms with Crippen LogP contribution in [0.2, 0.25) is 10.0 Å². The average molecular weight is 314 g/mol. The van der Waals surface area contributed by atoms with Gasteiger partial charge in [-0.1, -0.05) is 47.0 Å². The summed E-state index contributed by atoms with van der Waals surface area (Å²) in [6.45, 7) is 6.26. The number of aryl methyl sites for hydroxylation is 3. The van der Waals surface area contributed by atoms with Crippen molar-refractivity contribution in [2.75, 3.05) is 0 Å². The molecule has 0 N–H and O–H groups in total. The molecule has 2 aromatic carbocycles. The van der Waals surface area contributed by atoms with Gasteiger partial charge in [0.25, 0.3) is 0 Å². The fourth-order valence-corrected chi connectivity index (χ4v) is 3.21. The number of benzene rings is 2. The fraction of sp³-hybridized carbons (Fsp3) is 0.250. The zero-order chi connectivity index (χ0) is 14.2. The Labute approximate surface area is 129 Å². The number of hydrogen-bond donors (Lipinski definition) is 0. The zero-order valence-corrected chi connectivity index (χ0v) is 13.4. The summed E-state index contributed by atoms with van der Waals surface area (Å²) in [6, 6.07) is 9.84. The molecule has 0 spiro atoms. The van der Waals surface area contributed by atoms with E-state index >= 15 is 0 Å². The Hall–Kier alpha value is -0.690. The van der Waals surface area contributed by atoms with Gasteiger partial charge in [0.15, 0.2) is 0 Å². The number of rotatable bonds is 2. The monoisotopic (exact) mass is 312 g/mol. The lowest BCUT2D eigenvalue weighted by Crippen LogP contribution is -2.00. The number of halogens is 3. The van der Waals surface area contributed by atoms with Crippen LogP contribution in [0, 0.1) is 20.8 Å². The van der Waals surface area contributed by atoms with Gasteiger partial charge in [-0.15, -0.1) is 11.6 Å². The molecule has 0 bridgehead atoms. The highest BCUT2D eigenvalue weighted by molar-refractivity contribution is 6.42. The SMILES string of the molecule is Cc1cc(C)c(C(Cl)c2ccc(Cl)c(Cl)c2)c(C)c1. The van der Waals surface area contributed by atoms with E-state index in [2.05, 4.69) is 32.9 Å². The van der Waals surface area contributed by atoms with Gasteiger partial charge in [-0.3, -0.25) is 0 Å². The van der Waals surface area contributed by atoms with Gasteiger partial charge in [0.05, 0.1) is 15.4 Å². The predicted molar refractivity (Wildman–Crippen MR) is 84.8 cm³/mol. The fourth-order valence-electron chi connectivity index (χ4n) is 2.43. The van der Waals surface area contributed by atoms with Crippen LogP contribution < -0.4 is 0 Å². The van der Waals surface area contributed by atoms with Gasteiger partial charge in [0.2, 0.25) is 0 Å². The maximum atomic E-state index is 6.62. The molecule has 0 heterocycles. The summed E-state index contributed by atoms with van der Waals surface area (Å²) in [6.07, 6.45) is 0. The topological polar surface area (TPSA) is 0 Å². The van der Waals surface area contributed by atoms with Crippen LogP contribution in [0.25, 0.3) is 0 Å². The minimum atomic E-state index is -0.213. The Kier molecular flexibility index (Phi) is 4.45. The Balaban J connectivity index is 2.49. The van der Waals surface area contributed by atoms with Gasteiger partial charge in [-0.2, -0.15) is 0 Å². The van der Waals surface area contributed by atoms with Gasteiger partial charge in [0.1, 0.15) is 0 Å². The molecule has 100 valence electrons. The zero-order valence-electron chi connectivity index (χ0n) is 11.1. The first-order chi connectivity index (χ1) is 8.90. The molecule has 3 heteroatoms. The first-order valence-corrected chi connectivity index (χ1v) is 7.26. The summed E-state index contributed by atoms with van der Waals surface area (Å²) in [4.78, 5) is 0. The van der Waals surface area contributed by atoms with Crippen LogP contribution in [-0.4, -0.2) is 0 Å². The van der Waals surface area contributed by atoms with Crippen molar-refractivity contribution in [3.63, 3.8) is 0 Å². The third-order valence-electron chi connectivity index (χ3n) is 3.23. The van der Waals surface area contributed by atoms with Gasteiger partial charge in [-0.05, 0) is 55.2 Å². The van der Waals surface area contributed by atoms with Crippen LogP contribution in [0.5, 0.6) is 0 Å². The van der Waals surface area contributed by atoms with Crippen molar-refractivity contribution in [3.05, 3.63) is 68.2 Å². The minimum Gasteiger partial charge on any atom is -0.113 e. The molecule has 0 aliphatic rings. The molecule has 0 aliphatic carbocycles. The Bertz CT molecular complexity index is 594. The van der Waals surface area contributed by atoms with Crippen molar-refractivity contribution < 1.29 is 0 Å². The van der Waals surface area contributed by atoms with Crippen LogP contribution in [0.4, 0.5) is 0 Å².